The molecule has 2 aromatic carbocycles. The van der Waals surface area contributed by atoms with Crippen LogP contribution in [0.25, 0.3) is 0 Å². The molecular weight excluding hydrogens is 584 g/mol. The molecule has 0 aromatic heterocycles. The third-order valence-electron chi connectivity index (χ3n) is 5.84. The molecule has 248 valence electrons. The molecule has 0 N–H and O–H groups in total. The van der Waals surface area contributed by atoms with E-state index in [0.717, 1.165) is 11.1 Å². The molecule has 0 spiro atoms. The largest absolute Gasteiger partial charge is 0.490 e. The predicted octanol–water partition coefficient (Wildman–Crippen LogP) is 8.82. The van der Waals surface area contributed by atoms with Gasteiger partial charge in [-0.3, -0.25) is 0 Å². The molecule has 0 aliphatic heterocycles. The van der Waals surface area contributed by atoms with Gasteiger partial charge in [0.2, 0.25) is 0 Å². The Kier molecular flexibility index (Phi) is 14.4. The van der Waals surface area contributed by atoms with Crippen molar-refractivity contribution in [2.24, 2.45) is 0 Å². The van der Waals surface area contributed by atoms with Crippen molar-refractivity contribution in [1.29, 1.82) is 0 Å². The fraction of sp³-hybridized carbons (Fsp3) is 0.368. The maximum atomic E-state index is 13.0. The molecule has 0 heterocycles. The van der Waals surface area contributed by atoms with E-state index in [1.54, 1.807) is 65.8 Å². The zero-order chi connectivity index (χ0) is 34.3. The summed E-state index contributed by atoms with van der Waals surface area (Å²) in [6.07, 6.45) is 10.7. The van der Waals surface area contributed by atoms with Crippen LogP contribution in [-0.2, 0) is 32.2 Å². The lowest BCUT2D eigenvalue weighted by Gasteiger charge is -2.21. The standard InChI is InChI=1S/C38H48O8/c1-11-31(12-2)41-17-15-16-18-42-33-20-27(25-43-32(13-3)14-4)19-28(21-33)26-44-34-23-29(35(39)45-37(5,6)7)22-30(24-34)36(40)46-38(8,9)10/h11-16,19-24H,1,3,17-18,25-26H2,2,4-10H3/b16-15-,31-12+,32-14+. The van der Waals surface area contributed by atoms with E-state index in [0.29, 0.717) is 36.2 Å². The maximum absolute atomic E-state index is 13.0. The number of carbonyl (C=O) groups is 2. The Morgan fingerprint density at radius 3 is 1.61 bits per heavy atom. The van der Waals surface area contributed by atoms with Crippen LogP contribution in [0.2, 0.25) is 0 Å². The van der Waals surface area contributed by atoms with Crippen molar-refractivity contribution >= 4 is 11.9 Å². The Balaban J connectivity index is 2.33. The van der Waals surface area contributed by atoms with E-state index in [9.17, 15) is 9.59 Å². The second-order valence-electron chi connectivity index (χ2n) is 12.2. The molecule has 0 fully saturated rings. The molecule has 46 heavy (non-hydrogen) atoms. The first kappa shape index (κ1) is 37.5. The number of benzene rings is 2. The van der Waals surface area contributed by atoms with Gasteiger partial charge in [-0.2, -0.15) is 0 Å². The van der Waals surface area contributed by atoms with E-state index in [1.165, 1.54) is 6.07 Å². The van der Waals surface area contributed by atoms with Gasteiger partial charge in [0, 0.05) is 0 Å². The fourth-order valence-electron chi connectivity index (χ4n) is 3.85. The van der Waals surface area contributed by atoms with E-state index in [4.69, 9.17) is 28.4 Å². The second kappa shape index (κ2) is 17.7. The van der Waals surface area contributed by atoms with Crippen LogP contribution in [0.15, 0.2) is 97.5 Å². The van der Waals surface area contributed by atoms with Gasteiger partial charge in [-0.15, -0.1) is 0 Å². The number of hydrogen-bond acceptors (Lipinski definition) is 8. The molecule has 0 amide bonds. The van der Waals surface area contributed by atoms with Crippen LogP contribution in [0.1, 0.15) is 87.2 Å². The van der Waals surface area contributed by atoms with Crippen molar-refractivity contribution in [3.8, 4) is 11.5 Å². The maximum Gasteiger partial charge on any atom is 0.338 e. The van der Waals surface area contributed by atoms with E-state index in [2.05, 4.69) is 13.2 Å². The molecule has 0 saturated carbocycles. The van der Waals surface area contributed by atoms with E-state index < -0.39 is 23.1 Å². The molecule has 0 aliphatic carbocycles. The minimum atomic E-state index is -0.722. The van der Waals surface area contributed by atoms with Crippen molar-refractivity contribution in [2.45, 2.75) is 79.8 Å². The molecule has 2 aromatic rings. The van der Waals surface area contributed by atoms with Crippen LogP contribution in [0.3, 0.4) is 0 Å². The highest BCUT2D eigenvalue weighted by atomic mass is 16.6. The van der Waals surface area contributed by atoms with Gasteiger partial charge in [0.05, 0.1) is 11.1 Å². The number of carbonyl (C=O) groups excluding carboxylic acids is 2. The molecule has 2 rings (SSSR count). The van der Waals surface area contributed by atoms with Gasteiger partial charge < -0.3 is 28.4 Å². The molecule has 8 nitrogen and oxygen atoms in total. The first-order valence-electron chi connectivity index (χ1n) is 15.1. The average Bonchev–Trinajstić information content (AvgIpc) is 2.98. The zero-order valence-corrected chi connectivity index (χ0v) is 28.4. The summed E-state index contributed by atoms with van der Waals surface area (Å²) in [7, 11) is 0. The molecular formula is C38H48O8. The quantitative estimate of drug-likeness (QED) is 0.0785. The Morgan fingerprint density at radius 2 is 1.11 bits per heavy atom. The Bertz CT molecular complexity index is 1400. The van der Waals surface area contributed by atoms with Crippen LogP contribution in [0.4, 0.5) is 0 Å². The Morgan fingerprint density at radius 1 is 0.630 bits per heavy atom. The van der Waals surface area contributed by atoms with Gasteiger partial charge in [0.15, 0.2) is 0 Å². The summed E-state index contributed by atoms with van der Waals surface area (Å²) in [6, 6.07) is 10.2. The lowest BCUT2D eigenvalue weighted by Crippen LogP contribution is -2.25. The molecule has 0 saturated heterocycles. The first-order chi connectivity index (χ1) is 21.7. The summed E-state index contributed by atoms with van der Waals surface area (Å²) in [5.41, 5.74) is 0.544. The number of allylic oxidation sites excluding steroid dienone is 4. The number of rotatable bonds is 16. The van der Waals surface area contributed by atoms with Crippen LogP contribution in [0.5, 0.6) is 11.5 Å². The minimum absolute atomic E-state index is 0.116. The van der Waals surface area contributed by atoms with Gasteiger partial charge in [-0.1, -0.05) is 13.2 Å². The topological polar surface area (TPSA) is 89.5 Å². The van der Waals surface area contributed by atoms with E-state index in [1.807, 2.05) is 56.4 Å². The zero-order valence-electron chi connectivity index (χ0n) is 28.4. The molecule has 0 bridgehead atoms. The van der Waals surface area contributed by atoms with Gasteiger partial charge in [-0.05, 0) is 139 Å². The smallest absolute Gasteiger partial charge is 0.338 e. The third-order valence-corrected chi connectivity index (χ3v) is 5.84. The van der Waals surface area contributed by atoms with Crippen molar-refractivity contribution in [2.75, 3.05) is 13.2 Å². The number of ether oxygens (including phenoxy) is 6. The highest BCUT2D eigenvalue weighted by Crippen LogP contribution is 2.25. The van der Waals surface area contributed by atoms with Gasteiger partial charge in [0.1, 0.15) is 60.6 Å². The summed E-state index contributed by atoms with van der Waals surface area (Å²) < 4.78 is 34.7. The van der Waals surface area contributed by atoms with Crippen LogP contribution in [0, 0.1) is 0 Å². The van der Waals surface area contributed by atoms with Gasteiger partial charge in [0.25, 0.3) is 0 Å². The van der Waals surface area contributed by atoms with Crippen molar-refractivity contribution in [3.05, 3.63) is 120 Å². The normalized spacial score (nSPS) is 12.3. The Hall–Kier alpha value is -4.72. The summed E-state index contributed by atoms with van der Waals surface area (Å²) >= 11 is 0. The molecule has 8 heteroatoms. The summed E-state index contributed by atoms with van der Waals surface area (Å²) in [4.78, 5) is 25.9. The minimum Gasteiger partial charge on any atom is -0.490 e. The highest BCUT2D eigenvalue weighted by Gasteiger charge is 2.23. The monoisotopic (exact) mass is 632 g/mol. The highest BCUT2D eigenvalue weighted by molar-refractivity contribution is 5.96. The SMILES string of the molecule is C=C/C(=C\C)OC/C=C\COc1cc(CO/C(C=C)=C/C)cc(COc2cc(C(=O)OC(C)(C)C)cc(C(=O)OC(C)(C)C)c2)c1. The van der Waals surface area contributed by atoms with E-state index in [-0.39, 0.29) is 24.3 Å². The molecule has 0 atom stereocenters. The lowest BCUT2D eigenvalue weighted by atomic mass is 10.1. The Labute approximate surface area is 274 Å². The number of hydrogen-bond donors (Lipinski definition) is 0. The third kappa shape index (κ3) is 13.9. The van der Waals surface area contributed by atoms with Gasteiger partial charge >= 0.3 is 11.9 Å². The van der Waals surface area contributed by atoms with Crippen molar-refractivity contribution < 1.29 is 38.0 Å². The first-order valence-corrected chi connectivity index (χ1v) is 15.1. The second-order valence-corrected chi connectivity index (χ2v) is 12.2. The van der Waals surface area contributed by atoms with Gasteiger partial charge in [-0.25, -0.2) is 9.59 Å². The fourth-order valence-corrected chi connectivity index (χ4v) is 3.85. The summed E-state index contributed by atoms with van der Waals surface area (Å²) in [5.74, 6) is 1.12. The predicted molar refractivity (Wildman–Crippen MR) is 181 cm³/mol. The molecule has 0 unspecified atom stereocenters. The van der Waals surface area contributed by atoms with Crippen molar-refractivity contribution in [3.63, 3.8) is 0 Å². The summed E-state index contributed by atoms with van der Waals surface area (Å²) in [6.45, 7) is 23.0. The number of esters is 2. The molecule has 0 radical (unpaired) electrons. The summed E-state index contributed by atoms with van der Waals surface area (Å²) in [5, 5.41) is 0. The molecule has 0 aliphatic rings. The average molecular weight is 633 g/mol. The van der Waals surface area contributed by atoms with E-state index >= 15 is 0 Å². The van der Waals surface area contributed by atoms with Crippen LogP contribution in [-0.4, -0.2) is 36.4 Å². The van der Waals surface area contributed by atoms with Crippen molar-refractivity contribution in [1.82, 2.24) is 0 Å². The van der Waals surface area contributed by atoms with Crippen LogP contribution < -0.4 is 9.47 Å². The van der Waals surface area contributed by atoms with Crippen LogP contribution >= 0.6 is 0 Å². The lowest BCUT2D eigenvalue weighted by molar-refractivity contribution is 0.00676.